The molecule has 22 heavy (non-hydrogen) atoms. The molecule has 0 saturated heterocycles. The molecule has 114 valence electrons. The van der Waals surface area contributed by atoms with E-state index in [1.165, 1.54) is 31.3 Å². The minimum absolute atomic E-state index is 0.0262. The van der Waals surface area contributed by atoms with Crippen LogP contribution in [0.3, 0.4) is 0 Å². The lowest BCUT2D eigenvalue weighted by Gasteiger charge is -2.22. The van der Waals surface area contributed by atoms with Gasteiger partial charge in [0.25, 0.3) is 5.88 Å². The summed E-state index contributed by atoms with van der Waals surface area (Å²) >= 11 is 0. The molecule has 0 radical (unpaired) electrons. The summed E-state index contributed by atoms with van der Waals surface area (Å²) in [6.07, 6.45) is 0. The summed E-state index contributed by atoms with van der Waals surface area (Å²) in [5, 5.41) is 21.0. The number of aryl methyl sites for hydroxylation is 1. The minimum Gasteiger partial charge on any atom is -0.414 e. The van der Waals surface area contributed by atoms with E-state index in [1.807, 2.05) is 0 Å². The number of fused-ring (bicyclic) bond motifs is 1. The molecule has 0 amide bonds. The Bertz CT molecular complexity index is 767. The van der Waals surface area contributed by atoms with Crippen molar-refractivity contribution in [2.75, 3.05) is 7.05 Å². The second-order valence-corrected chi connectivity index (χ2v) is 4.88. The van der Waals surface area contributed by atoms with Crippen LogP contribution >= 0.6 is 0 Å². The number of rotatable bonds is 3. The van der Waals surface area contributed by atoms with Gasteiger partial charge in [-0.2, -0.15) is 0 Å². The van der Waals surface area contributed by atoms with E-state index in [0.717, 1.165) is 0 Å². The van der Waals surface area contributed by atoms with E-state index in [0.29, 0.717) is 16.8 Å². The normalized spacial score (nSPS) is 17.0. The highest BCUT2D eigenvalue weighted by Gasteiger charge is 2.42. The van der Waals surface area contributed by atoms with Crippen LogP contribution in [0.2, 0.25) is 0 Å². The van der Waals surface area contributed by atoms with Crippen LogP contribution in [0, 0.1) is 22.9 Å². The van der Waals surface area contributed by atoms with Crippen LogP contribution < -0.4 is 10.1 Å². The van der Waals surface area contributed by atoms with E-state index in [9.17, 15) is 14.5 Å². The van der Waals surface area contributed by atoms with Crippen LogP contribution in [0.1, 0.15) is 22.7 Å². The summed E-state index contributed by atoms with van der Waals surface area (Å²) in [5.41, 5.74) is 1.71. The van der Waals surface area contributed by atoms with Gasteiger partial charge >= 0.3 is 5.70 Å². The molecule has 0 fully saturated rings. The summed E-state index contributed by atoms with van der Waals surface area (Å²) in [6.45, 7) is 1.76. The number of nitrogens with zero attached hydrogens (tertiary/aromatic N) is 2. The molecule has 0 saturated carbocycles. The van der Waals surface area contributed by atoms with Gasteiger partial charge in [0.15, 0.2) is 0 Å². The van der Waals surface area contributed by atoms with Gasteiger partial charge in [-0.1, -0.05) is 12.1 Å². The topological polar surface area (TPSA) is 93.1 Å². The fraction of sp³-hybridized carbons (Fsp3) is 0.214. The molecule has 2 heterocycles. The van der Waals surface area contributed by atoms with Gasteiger partial charge < -0.3 is 10.1 Å². The largest absolute Gasteiger partial charge is 0.414 e. The van der Waals surface area contributed by atoms with Crippen LogP contribution in [-0.4, -0.2) is 22.2 Å². The number of nitro groups is 1. The summed E-state index contributed by atoms with van der Waals surface area (Å²) in [7, 11) is 1.53. The molecule has 2 aromatic rings. The average Bonchev–Trinajstić information content (AvgIpc) is 2.87. The predicted molar refractivity (Wildman–Crippen MR) is 75.3 cm³/mol. The van der Waals surface area contributed by atoms with Crippen LogP contribution in [0.15, 0.2) is 35.8 Å². The molecule has 1 aromatic heterocycles. The standard InChI is InChI=1S/C14H13FN4O3/c1-7-10-11(8-3-5-9(15)6-4-8)12(19(20)21)14(16-2)22-13(10)18-17-7/h3-6,11,16H,1-2H3,(H,17,18). The van der Waals surface area contributed by atoms with Gasteiger partial charge in [-0.05, 0) is 24.6 Å². The van der Waals surface area contributed by atoms with Crippen LogP contribution in [-0.2, 0) is 0 Å². The van der Waals surface area contributed by atoms with Gasteiger partial charge in [0, 0.05) is 12.7 Å². The van der Waals surface area contributed by atoms with Gasteiger partial charge in [0.2, 0.25) is 5.88 Å². The maximum absolute atomic E-state index is 13.2. The van der Waals surface area contributed by atoms with Crippen molar-refractivity contribution in [2.24, 2.45) is 0 Å². The molecule has 2 N–H and O–H groups in total. The first kappa shape index (κ1) is 14.1. The molecule has 8 heteroatoms. The number of allylic oxidation sites excluding steroid dienone is 1. The highest BCUT2D eigenvalue weighted by atomic mass is 19.1. The average molecular weight is 304 g/mol. The fourth-order valence-electron chi connectivity index (χ4n) is 2.60. The smallest absolute Gasteiger partial charge is 0.317 e. The molecule has 1 atom stereocenters. The van der Waals surface area contributed by atoms with E-state index in [1.54, 1.807) is 6.92 Å². The summed E-state index contributed by atoms with van der Waals surface area (Å²) in [5.74, 6) is -0.791. The first-order valence-corrected chi connectivity index (χ1v) is 6.57. The maximum atomic E-state index is 13.2. The lowest BCUT2D eigenvalue weighted by Crippen LogP contribution is -2.27. The highest BCUT2D eigenvalue weighted by molar-refractivity contribution is 5.49. The Morgan fingerprint density at radius 1 is 1.41 bits per heavy atom. The van der Waals surface area contributed by atoms with E-state index >= 15 is 0 Å². The summed E-state index contributed by atoms with van der Waals surface area (Å²) < 4.78 is 18.6. The fourth-order valence-corrected chi connectivity index (χ4v) is 2.60. The van der Waals surface area contributed by atoms with Crippen molar-refractivity contribution in [1.29, 1.82) is 0 Å². The van der Waals surface area contributed by atoms with Gasteiger partial charge in [-0.25, -0.2) is 4.39 Å². The Hall–Kier alpha value is -2.90. The molecule has 0 spiro atoms. The number of halogens is 1. The van der Waals surface area contributed by atoms with Gasteiger partial charge in [-0.3, -0.25) is 15.2 Å². The van der Waals surface area contributed by atoms with E-state index < -0.39 is 16.7 Å². The number of ether oxygens (including phenoxy) is 1. The van der Waals surface area contributed by atoms with Crippen molar-refractivity contribution in [3.63, 3.8) is 0 Å². The number of nitrogens with one attached hydrogen (secondary N) is 2. The van der Waals surface area contributed by atoms with Crippen molar-refractivity contribution in [2.45, 2.75) is 12.8 Å². The van der Waals surface area contributed by atoms with E-state index in [-0.39, 0.29) is 17.5 Å². The first-order valence-electron chi connectivity index (χ1n) is 6.57. The molecule has 0 bridgehead atoms. The van der Waals surface area contributed by atoms with Crippen LogP contribution in [0.25, 0.3) is 0 Å². The number of aromatic amines is 1. The number of benzene rings is 1. The van der Waals surface area contributed by atoms with Gasteiger partial charge in [-0.15, -0.1) is 5.10 Å². The molecule has 1 unspecified atom stereocenters. The zero-order valence-electron chi connectivity index (χ0n) is 11.9. The Labute approximate surface area is 124 Å². The molecule has 7 nitrogen and oxygen atoms in total. The van der Waals surface area contributed by atoms with E-state index in [2.05, 4.69) is 15.5 Å². The minimum atomic E-state index is -0.694. The first-order chi connectivity index (χ1) is 10.5. The van der Waals surface area contributed by atoms with E-state index in [4.69, 9.17) is 4.74 Å². The highest BCUT2D eigenvalue weighted by Crippen LogP contribution is 2.43. The molecular weight excluding hydrogens is 291 g/mol. The van der Waals surface area contributed by atoms with Crippen molar-refractivity contribution >= 4 is 0 Å². The molecule has 1 aliphatic heterocycles. The van der Waals surface area contributed by atoms with Crippen molar-refractivity contribution in [3.05, 3.63) is 68.6 Å². The zero-order valence-corrected chi connectivity index (χ0v) is 11.9. The third kappa shape index (κ3) is 2.09. The summed E-state index contributed by atoms with van der Waals surface area (Å²) in [6, 6.07) is 5.60. The number of aromatic nitrogens is 2. The van der Waals surface area contributed by atoms with Crippen molar-refractivity contribution < 1.29 is 14.1 Å². The lowest BCUT2D eigenvalue weighted by atomic mass is 9.87. The van der Waals surface area contributed by atoms with Crippen molar-refractivity contribution in [1.82, 2.24) is 15.5 Å². The lowest BCUT2D eigenvalue weighted by molar-refractivity contribution is -0.432. The second-order valence-electron chi connectivity index (χ2n) is 4.88. The predicted octanol–water partition coefficient (Wildman–Crippen LogP) is 2.05. The Balaban J connectivity index is 2.25. The quantitative estimate of drug-likeness (QED) is 0.668. The molecule has 1 aromatic carbocycles. The zero-order chi connectivity index (χ0) is 15.9. The molecular formula is C14H13FN4O3. The molecule has 3 rings (SSSR count). The van der Waals surface area contributed by atoms with Crippen LogP contribution in [0.4, 0.5) is 4.39 Å². The molecule has 1 aliphatic rings. The number of H-pyrrole nitrogens is 1. The SMILES string of the molecule is CNC1=C([N+](=O)[O-])C(c2ccc(F)cc2)c2c(n[nH]c2C)O1. The number of hydrogen-bond acceptors (Lipinski definition) is 5. The van der Waals surface area contributed by atoms with Gasteiger partial charge in [0.05, 0.1) is 10.5 Å². The number of hydrogen-bond donors (Lipinski definition) is 2. The summed E-state index contributed by atoms with van der Waals surface area (Å²) in [4.78, 5) is 11.0. The molecule has 0 aliphatic carbocycles. The third-order valence-corrected chi connectivity index (χ3v) is 3.58. The Morgan fingerprint density at radius 2 is 2.09 bits per heavy atom. The third-order valence-electron chi connectivity index (χ3n) is 3.58. The van der Waals surface area contributed by atoms with Crippen molar-refractivity contribution in [3.8, 4) is 5.88 Å². The second kappa shape index (κ2) is 5.14. The van der Waals surface area contributed by atoms with Crippen LogP contribution in [0.5, 0.6) is 5.88 Å². The Kier molecular flexibility index (Phi) is 3.28. The Morgan fingerprint density at radius 3 is 2.68 bits per heavy atom. The van der Waals surface area contributed by atoms with Gasteiger partial charge in [0.1, 0.15) is 11.7 Å². The monoisotopic (exact) mass is 304 g/mol. The maximum Gasteiger partial charge on any atom is 0.317 e.